The second-order valence-electron chi connectivity index (χ2n) is 4.79. The summed E-state index contributed by atoms with van der Waals surface area (Å²) < 4.78 is 1.81. The van der Waals surface area contributed by atoms with Crippen molar-refractivity contribution in [2.24, 2.45) is 0 Å². The standard InChI is InChI=1S/C16H13Cl2N3O/c17-14(18)16(22)20-15-12(10-11-6-2-1-3-7-11)19-13-8-4-5-9-21(13)15/h1-9,14H,10H2,(H,20,22). The fourth-order valence-electron chi connectivity index (χ4n) is 2.26. The number of fused-ring (bicyclic) bond motifs is 1. The molecule has 1 amide bonds. The van der Waals surface area contributed by atoms with Crippen molar-refractivity contribution in [1.29, 1.82) is 0 Å². The van der Waals surface area contributed by atoms with Crippen molar-refractivity contribution in [2.75, 3.05) is 5.32 Å². The van der Waals surface area contributed by atoms with Crippen molar-refractivity contribution in [3.8, 4) is 0 Å². The minimum atomic E-state index is -1.13. The summed E-state index contributed by atoms with van der Waals surface area (Å²) in [5.41, 5.74) is 2.62. The number of carbonyl (C=O) groups is 1. The maximum Gasteiger partial charge on any atom is 0.258 e. The van der Waals surface area contributed by atoms with E-state index in [2.05, 4.69) is 10.3 Å². The third-order valence-corrected chi connectivity index (χ3v) is 3.65. The fourth-order valence-corrected chi connectivity index (χ4v) is 2.37. The zero-order valence-electron chi connectivity index (χ0n) is 11.5. The molecule has 0 spiro atoms. The highest BCUT2D eigenvalue weighted by Crippen LogP contribution is 2.22. The van der Waals surface area contributed by atoms with E-state index in [0.29, 0.717) is 12.2 Å². The predicted molar refractivity (Wildman–Crippen MR) is 88.6 cm³/mol. The number of aromatic nitrogens is 2. The lowest BCUT2D eigenvalue weighted by Crippen LogP contribution is -2.20. The van der Waals surface area contributed by atoms with Gasteiger partial charge in [-0.3, -0.25) is 9.20 Å². The van der Waals surface area contributed by atoms with Crippen molar-refractivity contribution < 1.29 is 4.79 Å². The number of nitrogens with one attached hydrogen (secondary N) is 1. The van der Waals surface area contributed by atoms with Gasteiger partial charge in [-0.05, 0) is 17.7 Å². The van der Waals surface area contributed by atoms with Crippen LogP contribution in [0.3, 0.4) is 0 Å². The number of hydrogen-bond donors (Lipinski definition) is 1. The van der Waals surface area contributed by atoms with E-state index in [4.69, 9.17) is 23.2 Å². The van der Waals surface area contributed by atoms with E-state index >= 15 is 0 Å². The topological polar surface area (TPSA) is 46.4 Å². The molecule has 0 aliphatic rings. The average molecular weight is 334 g/mol. The highest BCUT2D eigenvalue weighted by Gasteiger charge is 2.18. The van der Waals surface area contributed by atoms with Crippen LogP contribution in [0.4, 0.5) is 5.82 Å². The summed E-state index contributed by atoms with van der Waals surface area (Å²) in [4.78, 5) is 15.3. The van der Waals surface area contributed by atoms with Crippen LogP contribution < -0.4 is 5.32 Å². The van der Waals surface area contributed by atoms with Gasteiger partial charge < -0.3 is 5.32 Å². The van der Waals surface area contributed by atoms with Gasteiger partial charge in [-0.1, -0.05) is 59.6 Å². The molecule has 22 heavy (non-hydrogen) atoms. The monoisotopic (exact) mass is 333 g/mol. The zero-order valence-corrected chi connectivity index (χ0v) is 13.1. The van der Waals surface area contributed by atoms with Crippen molar-refractivity contribution in [3.63, 3.8) is 0 Å². The first-order chi connectivity index (χ1) is 10.6. The number of amides is 1. The van der Waals surface area contributed by atoms with Gasteiger partial charge in [0, 0.05) is 12.6 Å². The minimum absolute atomic E-state index is 0.469. The van der Waals surface area contributed by atoms with Crippen LogP contribution in [0.2, 0.25) is 0 Å². The molecule has 0 saturated heterocycles. The number of hydrogen-bond acceptors (Lipinski definition) is 2. The summed E-state index contributed by atoms with van der Waals surface area (Å²) in [6.45, 7) is 0. The number of halogens is 2. The SMILES string of the molecule is O=C(Nc1c(Cc2ccccc2)nc2ccccn12)C(Cl)Cl. The van der Waals surface area contributed by atoms with Crippen LogP contribution in [0.15, 0.2) is 54.7 Å². The lowest BCUT2D eigenvalue weighted by Gasteiger charge is -2.08. The van der Waals surface area contributed by atoms with Crippen LogP contribution in [0.5, 0.6) is 0 Å². The molecule has 2 heterocycles. The Kier molecular flexibility index (Phi) is 4.32. The third kappa shape index (κ3) is 3.08. The summed E-state index contributed by atoms with van der Waals surface area (Å²) in [6, 6.07) is 15.6. The minimum Gasteiger partial charge on any atom is -0.308 e. The first kappa shape index (κ1) is 14.9. The van der Waals surface area contributed by atoms with Crippen molar-refractivity contribution in [2.45, 2.75) is 11.3 Å². The molecule has 3 aromatic rings. The van der Waals surface area contributed by atoms with Gasteiger partial charge in [0.05, 0.1) is 5.69 Å². The highest BCUT2D eigenvalue weighted by atomic mass is 35.5. The maximum absolute atomic E-state index is 11.8. The number of alkyl halides is 2. The van der Waals surface area contributed by atoms with Crippen molar-refractivity contribution >= 4 is 40.6 Å². The molecule has 0 atom stereocenters. The van der Waals surface area contributed by atoms with Crippen LogP contribution in [-0.2, 0) is 11.2 Å². The number of anilines is 1. The molecule has 1 N–H and O–H groups in total. The Balaban J connectivity index is 2.02. The normalized spacial score (nSPS) is 11.0. The fraction of sp³-hybridized carbons (Fsp3) is 0.125. The number of rotatable bonds is 4. The third-order valence-electron chi connectivity index (χ3n) is 3.26. The van der Waals surface area contributed by atoms with Crippen LogP contribution >= 0.6 is 23.2 Å². The van der Waals surface area contributed by atoms with Gasteiger partial charge >= 0.3 is 0 Å². The Morgan fingerprint density at radius 1 is 1.14 bits per heavy atom. The van der Waals surface area contributed by atoms with Gasteiger partial charge in [0.25, 0.3) is 5.91 Å². The molecule has 0 radical (unpaired) electrons. The second-order valence-corrected chi connectivity index (χ2v) is 5.88. The summed E-state index contributed by atoms with van der Waals surface area (Å²) >= 11 is 11.3. The number of benzene rings is 1. The Hall–Kier alpha value is -2.04. The van der Waals surface area contributed by atoms with E-state index in [0.717, 1.165) is 16.9 Å². The van der Waals surface area contributed by atoms with E-state index in [9.17, 15) is 4.79 Å². The Morgan fingerprint density at radius 2 is 1.86 bits per heavy atom. The van der Waals surface area contributed by atoms with Crippen LogP contribution in [0.1, 0.15) is 11.3 Å². The number of nitrogens with zero attached hydrogens (tertiary/aromatic N) is 2. The van der Waals surface area contributed by atoms with Crippen molar-refractivity contribution in [3.05, 3.63) is 66.0 Å². The molecule has 2 aromatic heterocycles. The summed E-state index contributed by atoms with van der Waals surface area (Å²) in [6.07, 6.45) is 2.44. The van der Waals surface area contributed by atoms with E-state index in [1.165, 1.54) is 0 Å². The summed E-state index contributed by atoms with van der Waals surface area (Å²) in [5.74, 6) is 0.124. The van der Waals surface area contributed by atoms with E-state index < -0.39 is 10.7 Å². The molecule has 0 fully saturated rings. The smallest absolute Gasteiger partial charge is 0.258 e. The zero-order chi connectivity index (χ0) is 15.5. The van der Waals surface area contributed by atoms with E-state index in [1.54, 1.807) is 0 Å². The lowest BCUT2D eigenvalue weighted by atomic mass is 10.1. The van der Waals surface area contributed by atoms with Crippen LogP contribution in [0, 0.1) is 0 Å². The molecule has 0 aliphatic carbocycles. The average Bonchev–Trinajstić information content (AvgIpc) is 2.86. The van der Waals surface area contributed by atoms with Gasteiger partial charge in [0.15, 0.2) is 4.84 Å². The van der Waals surface area contributed by atoms with Gasteiger partial charge in [0.2, 0.25) is 0 Å². The molecule has 112 valence electrons. The highest BCUT2D eigenvalue weighted by molar-refractivity contribution is 6.54. The molecule has 0 saturated carbocycles. The van der Waals surface area contributed by atoms with E-state index in [1.807, 2.05) is 59.1 Å². The maximum atomic E-state index is 11.8. The van der Waals surface area contributed by atoms with Crippen molar-refractivity contribution in [1.82, 2.24) is 9.38 Å². The summed E-state index contributed by atoms with van der Waals surface area (Å²) in [5, 5.41) is 2.75. The van der Waals surface area contributed by atoms with Gasteiger partial charge in [-0.2, -0.15) is 0 Å². The molecular formula is C16H13Cl2N3O. The van der Waals surface area contributed by atoms with Gasteiger partial charge in [-0.15, -0.1) is 0 Å². The molecule has 0 unspecified atom stereocenters. The largest absolute Gasteiger partial charge is 0.308 e. The van der Waals surface area contributed by atoms with Gasteiger partial charge in [-0.25, -0.2) is 4.98 Å². The van der Waals surface area contributed by atoms with E-state index in [-0.39, 0.29) is 0 Å². The van der Waals surface area contributed by atoms with Crippen LogP contribution in [-0.4, -0.2) is 20.1 Å². The molecule has 1 aromatic carbocycles. The van der Waals surface area contributed by atoms with Crippen LogP contribution in [0.25, 0.3) is 5.65 Å². The first-order valence-electron chi connectivity index (χ1n) is 6.74. The van der Waals surface area contributed by atoms with Gasteiger partial charge in [0.1, 0.15) is 11.5 Å². The lowest BCUT2D eigenvalue weighted by molar-refractivity contribution is -0.114. The summed E-state index contributed by atoms with van der Waals surface area (Å²) in [7, 11) is 0. The molecule has 6 heteroatoms. The molecule has 0 bridgehead atoms. The Morgan fingerprint density at radius 3 is 2.59 bits per heavy atom. The molecule has 4 nitrogen and oxygen atoms in total. The number of pyridine rings is 1. The quantitative estimate of drug-likeness (QED) is 0.740. The Bertz CT molecular complexity index is 800. The number of carbonyl (C=O) groups excluding carboxylic acids is 1. The predicted octanol–water partition coefficient (Wildman–Crippen LogP) is 3.67. The number of imidazole rings is 1. The second kappa shape index (κ2) is 6.38. The first-order valence-corrected chi connectivity index (χ1v) is 7.61. The molecule has 0 aliphatic heterocycles. The molecule has 3 rings (SSSR count). The molecular weight excluding hydrogens is 321 g/mol. The Labute approximate surface area is 137 Å².